The average Bonchev–Trinajstić information content (AvgIpc) is 3.01. The highest BCUT2D eigenvalue weighted by atomic mass is 16.3. The highest BCUT2D eigenvalue weighted by Crippen LogP contribution is 2.49. The van der Waals surface area contributed by atoms with Crippen LogP contribution in [-0.2, 0) is 5.41 Å². The fourth-order valence-electron chi connectivity index (χ4n) is 5.61. The SMILES string of the molecule is CC(C)(C)c1cc(-c2ccccc2-c2ccccc2)c(O)c(-c2c(-c3ccccc3)cccc2-c2ccccc2)c1. The minimum absolute atomic E-state index is 0.131. The fourth-order valence-corrected chi connectivity index (χ4v) is 5.61. The van der Waals surface area contributed by atoms with Crippen LogP contribution in [0.3, 0.4) is 0 Å². The minimum Gasteiger partial charge on any atom is -0.507 e. The standard InChI is InChI=1S/C40H34O/c1-40(2,3)31-26-36(35-23-14-13-22-32(35)28-16-7-4-8-17-28)39(41)37(27-31)38-33(29-18-9-5-10-19-29)24-15-25-34(38)30-20-11-6-12-21-30/h4-27,41H,1-3H3. The molecule has 1 heteroatoms. The van der Waals surface area contributed by atoms with Crippen LogP contribution in [0, 0.1) is 0 Å². The molecule has 200 valence electrons. The second-order valence-corrected chi connectivity index (χ2v) is 11.5. The van der Waals surface area contributed by atoms with E-state index in [1.807, 2.05) is 18.2 Å². The van der Waals surface area contributed by atoms with Crippen LogP contribution in [0.1, 0.15) is 26.3 Å². The first-order chi connectivity index (χ1) is 19.9. The molecule has 0 aromatic heterocycles. The maximum atomic E-state index is 12.3. The summed E-state index contributed by atoms with van der Waals surface area (Å²) in [6.07, 6.45) is 0. The molecule has 0 atom stereocenters. The second-order valence-electron chi connectivity index (χ2n) is 11.5. The molecule has 41 heavy (non-hydrogen) atoms. The lowest BCUT2D eigenvalue weighted by Gasteiger charge is -2.25. The van der Waals surface area contributed by atoms with Crippen LogP contribution >= 0.6 is 0 Å². The Kier molecular flexibility index (Phi) is 7.03. The van der Waals surface area contributed by atoms with Crippen molar-refractivity contribution in [2.24, 2.45) is 0 Å². The van der Waals surface area contributed by atoms with Crippen LogP contribution in [0.25, 0.3) is 55.6 Å². The van der Waals surface area contributed by atoms with Crippen molar-refractivity contribution >= 4 is 0 Å². The molecule has 0 aliphatic carbocycles. The van der Waals surface area contributed by atoms with Crippen molar-refractivity contribution in [3.63, 3.8) is 0 Å². The largest absolute Gasteiger partial charge is 0.507 e. The Morgan fingerprint density at radius 2 is 0.780 bits per heavy atom. The van der Waals surface area contributed by atoms with E-state index >= 15 is 0 Å². The molecule has 0 radical (unpaired) electrons. The van der Waals surface area contributed by atoms with Crippen LogP contribution in [0.5, 0.6) is 5.75 Å². The Morgan fingerprint density at radius 3 is 1.27 bits per heavy atom. The van der Waals surface area contributed by atoms with Gasteiger partial charge in [-0.05, 0) is 62.1 Å². The number of rotatable bonds is 5. The van der Waals surface area contributed by atoms with Gasteiger partial charge in [-0.1, -0.05) is 154 Å². The quantitative estimate of drug-likeness (QED) is 0.235. The first-order valence-corrected chi connectivity index (χ1v) is 14.2. The van der Waals surface area contributed by atoms with Crippen molar-refractivity contribution in [3.05, 3.63) is 151 Å². The van der Waals surface area contributed by atoms with Crippen molar-refractivity contribution < 1.29 is 5.11 Å². The lowest BCUT2D eigenvalue weighted by atomic mass is 9.79. The number of hydrogen-bond acceptors (Lipinski definition) is 1. The fraction of sp³-hybridized carbons (Fsp3) is 0.100. The maximum Gasteiger partial charge on any atom is 0.131 e. The molecule has 0 heterocycles. The van der Waals surface area contributed by atoms with Gasteiger partial charge in [0.25, 0.3) is 0 Å². The van der Waals surface area contributed by atoms with Crippen LogP contribution in [-0.4, -0.2) is 5.11 Å². The highest BCUT2D eigenvalue weighted by molar-refractivity contribution is 5.99. The smallest absolute Gasteiger partial charge is 0.131 e. The van der Waals surface area contributed by atoms with Gasteiger partial charge in [-0.15, -0.1) is 0 Å². The van der Waals surface area contributed by atoms with Gasteiger partial charge in [0.15, 0.2) is 0 Å². The zero-order valence-corrected chi connectivity index (χ0v) is 23.8. The van der Waals surface area contributed by atoms with Crippen molar-refractivity contribution in [1.82, 2.24) is 0 Å². The minimum atomic E-state index is -0.131. The molecule has 0 saturated heterocycles. The first kappa shape index (κ1) is 26.3. The summed E-state index contributed by atoms with van der Waals surface area (Å²) in [4.78, 5) is 0. The molecule has 6 aromatic rings. The van der Waals surface area contributed by atoms with Gasteiger partial charge in [-0.2, -0.15) is 0 Å². The Morgan fingerprint density at radius 1 is 0.390 bits per heavy atom. The third-order valence-electron chi connectivity index (χ3n) is 7.78. The maximum absolute atomic E-state index is 12.3. The normalized spacial score (nSPS) is 11.4. The van der Waals surface area contributed by atoms with Crippen molar-refractivity contribution in [2.75, 3.05) is 0 Å². The summed E-state index contributed by atoms with van der Waals surface area (Å²) < 4.78 is 0. The summed E-state index contributed by atoms with van der Waals surface area (Å²) >= 11 is 0. The summed E-state index contributed by atoms with van der Waals surface area (Å²) in [5.74, 6) is 0.293. The lowest BCUT2D eigenvalue weighted by Crippen LogP contribution is -2.11. The molecule has 0 saturated carbocycles. The molecule has 1 N–H and O–H groups in total. The van der Waals surface area contributed by atoms with Gasteiger partial charge in [-0.25, -0.2) is 0 Å². The van der Waals surface area contributed by atoms with Gasteiger partial charge in [0.2, 0.25) is 0 Å². The zero-order chi connectivity index (χ0) is 28.4. The average molecular weight is 531 g/mol. The molecule has 6 aromatic carbocycles. The molecular weight excluding hydrogens is 496 g/mol. The predicted molar refractivity (Wildman–Crippen MR) is 174 cm³/mol. The lowest BCUT2D eigenvalue weighted by molar-refractivity contribution is 0.478. The van der Waals surface area contributed by atoms with Crippen LogP contribution in [0.4, 0.5) is 0 Å². The predicted octanol–water partition coefficient (Wildman–Crippen LogP) is 11.0. The first-order valence-electron chi connectivity index (χ1n) is 14.2. The summed E-state index contributed by atoms with van der Waals surface area (Å²) in [6.45, 7) is 6.70. The van der Waals surface area contributed by atoms with E-state index in [0.29, 0.717) is 5.75 Å². The topological polar surface area (TPSA) is 20.2 Å². The van der Waals surface area contributed by atoms with Gasteiger partial charge in [0, 0.05) is 16.7 Å². The zero-order valence-electron chi connectivity index (χ0n) is 23.8. The van der Waals surface area contributed by atoms with E-state index < -0.39 is 0 Å². The van der Waals surface area contributed by atoms with E-state index in [1.54, 1.807) is 0 Å². The van der Waals surface area contributed by atoms with Crippen LogP contribution < -0.4 is 0 Å². The highest BCUT2D eigenvalue weighted by Gasteiger charge is 2.25. The molecule has 0 fully saturated rings. The number of hydrogen-bond donors (Lipinski definition) is 1. The third kappa shape index (κ3) is 5.19. The molecule has 0 spiro atoms. The number of aromatic hydroxyl groups is 1. The van der Waals surface area contributed by atoms with Gasteiger partial charge in [-0.3, -0.25) is 0 Å². The Bertz CT molecular complexity index is 1740. The molecule has 0 amide bonds. The molecule has 0 aliphatic rings. The van der Waals surface area contributed by atoms with Crippen molar-refractivity contribution in [3.8, 4) is 61.4 Å². The van der Waals surface area contributed by atoms with Crippen LogP contribution in [0.2, 0.25) is 0 Å². The van der Waals surface area contributed by atoms with Gasteiger partial charge in [0.1, 0.15) is 5.75 Å². The third-order valence-corrected chi connectivity index (χ3v) is 7.78. The molecule has 0 aliphatic heterocycles. The Hall–Kier alpha value is -4.88. The van der Waals surface area contributed by atoms with Crippen molar-refractivity contribution in [1.29, 1.82) is 0 Å². The number of phenols is 1. The number of phenolic OH excluding ortho intramolecular Hbond substituents is 1. The van der Waals surface area contributed by atoms with Crippen LogP contribution in [0.15, 0.2) is 146 Å². The summed E-state index contributed by atoms with van der Waals surface area (Å²) in [5.41, 5.74) is 11.4. The Balaban J connectivity index is 1.71. The molecule has 1 nitrogen and oxygen atoms in total. The van der Waals surface area contributed by atoms with E-state index in [2.05, 4.69) is 148 Å². The monoisotopic (exact) mass is 530 g/mol. The van der Waals surface area contributed by atoms with Gasteiger partial charge >= 0.3 is 0 Å². The molecule has 6 rings (SSSR count). The summed E-state index contributed by atoms with van der Waals surface area (Å²) in [7, 11) is 0. The van der Waals surface area contributed by atoms with Gasteiger partial charge in [0.05, 0.1) is 0 Å². The van der Waals surface area contributed by atoms with E-state index in [4.69, 9.17) is 0 Å². The number of benzene rings is 6. The second kappa shape index (κ2) is 10.9. The van der Waals surface area contributed by atoms with E-state index in [0.717, 1.165) is 55.6 Å². The van der Waals surface area contributed by atoms with E-state index in [1.165, 1.54) is 5.56 Å². The summed E-state index contributed by atoms with van der Waals surface area (Å²) in [6, 6.07) is 50.5. The van der Waals surface area contributed by atoms with Gasteiger partial charge < -0.3 is 5.11 Å². The Labute approximate surface area is 243 Å². The van der Waals surface area contributed by atoms with E-state index in [9.17, 15) is 5.11 Å². The molecule has 0 unspecified atom stereocenters. The van der Waals surface area contributed by atoms with Crippen molar-refractivity contribution in [2.45, 2.75) is 26.2 Å². The summed E-state index contributed by atoms with van der Waals surface area (Å²) in [5, 5.41) is 12.3. The molecule has 0 bridgehead atoms. The molecular formula is C40H34O. The van der Waals surface area contributed by atoms with E-state index in [-0.39, 0.29) is 5.41 Å².